The van der Waals surface area contributed by atoms with Crippen LogP contribution in [0.2, 0.25) is 0 Å². The second-order valence-corrected chi connectivity index (χ2v) is 5.95. The summed E-state index contributed by atoms with van der Waals surface area (Å²) in [5.74, 6) is 2.92. The normalized spacial score (nSPS) is 15.4. The lowest BCUT2D eigenvalue weighted by molar-refractivity contribution is -0.159. The van der Waals surface area contributed by atoms with Gasteiger partial charge in [0.2, 0.25) is 0 Å². The molecule has 2 atom stereocenters. The number of ether oxygens (including phenoxy) is 7. The highest BCUT2D eigenvalue weighted by molar-refractivity contribution is 5.06. The molecule has 0 aliphatic rings. The molecule has 0 fully saturated rings. The average molecular weight is 391 g/mol. The molecule has 0 saturated carbocycles. The van der Waals surface area contributed by atoms with Crippen molar-refractivity contribution < 1.29 is 33.2 Å². The number of methoxy groups -OCH3 is 4. The van der Waals surface area contributed by atoms with E-state index in [-0.39, 0.29) is 25.8 Å². The van der Waals surface area contributed by atoms with Crippen molar-refractivity contribution in [2.24, 2.45) is 0 Å². The molecule has 0 aliphatic heterocycles. The highest BCUT2D eigenvalue weighted by atomic mass is 16.7. The topological polar surface area (TPSA) is 64.6 Å². The maximum Gasteiger partial charge on any atom is 0.162 e. The fraction of sp³-hybridized carbons (Fsp3) is 0.800. The Bertz CT molecular complexity index is 406. The van der Waals surface area contributed by atoms with E-state index in [0.29, 0.717) is 11.5 Å². The summed E-state index contributed by atoms with van der Waals surface area (Å²) in [6.07, 6.45) is 2.94. The Morgan fingerprint density at radius 2 is 1.00 bits per heavy atom. The first-order valence-corrected chi connectivity index (χ1v) is 9.43. The highest BCUT2D eigenvalue weighted by Gasteiger charge is 2.18. The summed E-state index contributed by atoms with van der Waals surface area (Å²) in [6.45, 7) is 8.09. The molecule has 0 spiro atoms. The Morgan fingerprint density at radius 3 is 1.26 bits per heavy atom. The number of hydrogen-bond acceptors (Lipinski definition) is 7. The third-order valence-corrected chi connectivity index (χ3v) is 3.98. The zero-order valence-electron chi connectivity index (χ0n) is 18.3. The molecule has 0 heterocycles. The van der Waals surface area contributed by atoms with Crippen LogP contribution in [0, 0.1) is 0 Å². The van der Waals surface area contributed by atoms with E-state index in [9.17, 15) is 0 Å². The number of hydrogen-bond donors (Lipinski definition) is 0. The molecule has 7 heteroatoms. The SMILES string of the molecule is CCCC(OC)=C(OC)C(C)OCOCOC(C)C(OC)=C(CCC)OC. The minimum absolute atomic E-state index is 0.0714. The summed E-state index contributed by atoms with van der Waals surface area (Å²) >= 11 is 0. The standard InChI is InChI=1S/C20H38O7/c1-9-11-17(21-5)19(23-7)15(3)26-13-25-14-27-16(4)20(24-8)18(22-6)12-10-2/h15-16H,9-14H2,1-8H3. The fourth-order valence-corrected chi connectivity index (χ4v) is 2.60. The molecule has 7 nitrogen and oxygen atoms in total. The lowest BCUT2D eigenvalue weighted by atomic mass is 10.2. The van der Waals surface area contributed by atoms with E-state index in [1.54, 1.807) is 28.4 Å². The van der Waals surface area contributed by atoms with Crippen LogP contribution in [-0.4, -0.2) is 54.2 Å². The van der Waals surface area contributed by atoms with Gasteiger partial charge in [-0.15, -0.1) is 0 Å². The first-order chi connectivity index (χ1) is 13.0. The molecule has 160 valence electrons. The van der Waals surface area contributed by atoms with E-state index < -0.39 is 0 Å². The van der Waals surface area contributed by atoms with Crippen molar-refractivity contribution in [2.75, 3.05) is 42.0 Å². The number of allylic oxidation sites excluding steroid dienone is 2. The van der Waals surface area contributed by atoms with Crippen molar-refractivity contribution in [1.82, 2.24) is 0 Å². The van der Waals surface area contributed by atoms with E-state index >= 15 is 0 Å². The monoisotopic (exact) mass is 390 g/mol. The zero-order valence-corrected chi connectivity index (χ0v) is 18.3. The highest BCUT2D eigenvalue weighted by Crippen LogP contribution is 2.19. The van der Waals surface area contributed by atoms with Gasteiger partial charge in [-0.3, -0.25) is 0 Å². The van der Waals surface area contributed by atoms with Gasteiger partial charge in [0, 0.05) is 12.8 Å². The molecule has 0 radical (unpaired) electrons. The van der Waals surface area contributed by atoms with Gasteiger partial charge in [0.05, 0.1) is 28.4 Å². The van der Waals surface area contributed by atoms with Gasteiger partial charge in [0.15, 0.2) is 25.1 Å². The Balaban J connectivity index is 4.49. The summed E-state index contributed by atoms with van der Waals surface area (Å²) in [5.41, 5.74) is 0. The summed E-state index contributed by atoms with van der Waals surface area (Å²) in [7, 11) is 6.49. The predicted molar refractivity (Wildman–Crippen MR) is 104 cm³/mol. The first kappa shape index (κ1) is 25.6. The predicted octanol–water partition coefficient (Wildman–Crippen LogP) is 4.34. The minimum atomic E-state index is -0.284. The van der Waals surface area contributed by atoms with E-state index in [0.717, 1.165) is 37.2 Å². The van der Waals surface area contributed by atoms with Gasteiger partial charge in [-0.2, -0.15) is 0 Å². The smallest absolute Gasteiger partial charge is 0.162 e. The summed E-state index contributed by atoms with van der Waals surface area (Å²) in [5, 5.41) is 0. The van der Waals surface area contributed by atoms with Crippen LogP contribution < -0.4 is 0 Å². The first-order valence-electron chi connectivity index (χ1n) is 9.43. The van der Waals surface area contributed by atoms with Crippen molar-refractivity contribution in [3.63, 3.8) is 0 Å². The molecular formula is C20H38O7. The average Bonchev–Trinajstić information content (AvgIpc) is 2.67. The maximum atomic E-state index is 5.67. The molecule has 0 aromatic heterocycles. The van der Waals surface area contributed by atoms with Crippen molar-refractivity contribution in [2.45, 2.75) is 65.6 Å². The molecule has 0 aromatic carbocycles. The van der Waals surface area contributed by atoms with Crippen LogP contribution in [0.15, 0.2) is 23.0 Å². The van der Waals surface area contributed by atoms with Crippen molar-refractivity contribution in [1.29, 1.82) is 0 Å². The van der Waals surface area contributed by atoms with Gasteiger partial charge in [-0.05, 0) is 26.7 Å². The lowest BCUT2D eigenvalue weighted by Gasteiger charge is -2.21. The van der Waals surface area contributed by atoms with E-state index in [1.165, 1.54) is 0 Å². The van der Waals surface area contributed by atoms with Crippen molar-refractivity contribution >= 4 is 0 Å². The van der Waals surface area contributed by atoms with Gasteiger partial charge in [0.25, 0.3) is 0 Å². The van der Waals surface area contributed by atoms with Gasteiger partial charge in [0.1, 0.15) is 23.7 Å². The van der Waals surface area contributed by atoms with Crippen LogP contribution in [0.25, 0.3) is 0 Å². The van der Waals surface area contributed by atoms with E-state index in [1.807, 2.05) is 13.8 Å². The zero-order chi connectivity index (χ0) is 20.7. The van der Waals surface area contributed by atoms with Crippen LogP contribution in [0.5, 0.6) is 0 Å². The van der Waals surface area contributed by atoms with Gasteiger partial charge < -0.3 is 33.2 Å². The summed E-state index contributed by atoms with van der Waals surface area (Å²) < 4.78 is 38.4. The van der Waals surface area contributed by atoms with Crippen LogP contribution in [-0.2, 0) is 33.2 Å². The van der Waals surface area contributed by atoms with Crippen LogP contribution in [0.4, 0.5) is 0 Å². The Labute approximate surface area is 164 Å². The fourth-order valence-electron chi connectivity index (χ4n) is 2.60. The maximum absolute atomic E-state index is 5.67. The molecule has 0 aromatic rings. The molecule has 2 unspecified atom stereocenters. The van der Waals surface area contributed by atoms with Crippen molar-refractivity contribution in [3.05, 3.63) is 23.0 Å². The molecule has 0 saturated heterocycles. The molecule has 0 N–H and O–H groups in total. The van der Waals surface area contributed by atoms with Gasteiger partial charge in [-0.1, -0.05) is 13.8 Å². The Morgan fingerprint density at radius 1 is 0.630 bits per heavy atom. The second-order valence-electron chi connectivity index (χ2n) is 5.95. The Hall–Kier alpha value is -1.44. The molecule has 27 heavy (non-hydrogen) atoms. The third-order valence-electron chi connectivity index (χ3n) is 3.98. The molecular weight excluding hydrogens is 352 g/mol. The van der Waals surface area contributed by atoms with Gasteiger partial charge in [-0.25, -0.2) is 0 Å². The number of rotatable bonds is 16. The van der Waals surface area contributed by atoms with Crippen LogP contribution in [0.3, 0.4) is 0 Å². The summed E-state index contributed by atoms with van der Waals surface area (Å²) in [4.78, 5) is 0. The molecule has 0 amide bonds. The molecule has 0 bridgehead atoms. The van der Waals surface area contributed by atoms with Crippen molar-refractivity contribution in [3.8, 4) is 0 Å². The Kier molecular flexibility index (Phi) is 14.8. The third kappa shape index (κ3) is 9.35. The van der Waals surface area contributed by atoms with Gasteiger partial charge >= 0.3 is 0 Å². The van der Waals surface area contributed by atoms with Crippen LogP contribution in [0.1, 0.15) is 53.4 Å². The van der Waals surface area contributed by atoms with E-state index in [4.69, 9.17) is 33.2 Å². The summed E-state index contributed by atoms with van der Waals surface area (Å²) in [6, 6.07) is 0. The molecule has 0 rings (SSSR count). The van der Waals surface area contributed by atoms with Crippen LogP contribution >= 0.6 is 0 Å². The largest absolute Gasteiger partial charge is 0.497 e. The molecule has 0 aliphatic carbocycles. The second kappa shape index (κ2) is 15.6. The quantitative estimate of drug-likeness (QED) is 0.221. The minimum Gasteiger partial charge on any atom is -0.497 e. The van der Waals surface area contributed by atoms with E-state index in [2.05, 4.69) is 13.8 Å². The lowest BCUT2D eigenvalue weighted by Crippen LogP contribution is -2.21.